The van der Waals surface area contributed by atoms with Gasteiger partial charge in [-0.3, -0.25) is 9.69 Å². The summed E-state index contributed by atoms with van der Waals surface area (Å²) in [4.78, 5) is 54.3. The lowest BCUT2D eigenvalue weighted by Gasteiger charge is -2.34. The molecule has 1 unspecified atom stereocenters. The number of fused-ring (bicyclic) bond motifs is 1. The van der Waals surface area contributed by atoms with E-state index in [2.05, 4.69) is 10.6 Å². The van der Waals surface area contributed by atoms with E-state index in [0.29, 0.717) is 13.1 Å². The minimum Gasteiger partial charge on any atom is -0.480 e. The Labute approximate surface area is 217 Å². The van der Waals surface area contributed by atoms with E-state index >= 15 is 0 Å². The van der Waals surface area contributed by atoms with E-state index < -0.39 is 47.7 Å². The molecule has 1 aromatic carbocycles. The third-order valence-electron chi connectivity index (χ3n) is 7.36. The summed E-state index contributed by atoms with van der Waals surface area (Å²) in [6, 6.07) is 5.35. The second-order valence-electron chi connectivity index (χ2n) is 11.4. The maximum absolute atomic E-state index is 13.8. The summed E-state index contributed by atoms with van der Waals surface area (Å²) in [5.41, 5.74) is 1.62. The monoisotopic (exact) mass is 514 g/mol. The number of carbonyl (C=O) groups excluding carboxylic acids is 3. The van der Waals surface area contributed by atoms with Crippen LogP contribution in [0, 0.1) is 5.92 Å². The average Bonchev–Trinajstić information content (AvgIpc) is 3.46. The number of urea groups is 1. The molecule has 202 valence electrons. The normalized spacial score (nSPS) is 22.8. The molecule has 2 heterocycles. The lowest BCUT2D eigenvalue weighted by atomic mass is 9.83. The zero-order valence-corrected chi connectivity index (χ0v) is 21.9. The zero-order valence-electron chi connectivity index (χ0n) is 21.9. The van der Waals surface area contributed by atoms with Crippen molar-refractivity contribution in [2.75, 3.05) is 6.54 Å². The highest BCUT2D eigenvalue weighted by Gasteiger charge is 2.46. The van der Waals surface area contributed by atoms with E-state index in [1.807, 2.05) is 45.0 Å². The van der Waals surface area contributed by atoms with E-state index in [1.54, 1.807) is 4.90 Å². The number of carboxylic acids is 1. The van der Waals surface area contributed by atoms with Crippen LogP contribution >= 0.6 is 0 Å². The van der Waals surface area contributed by atoms with Gasteiger partial charge in [0.05, 0.1) is 6.54 Å². The molecule has 10 nitrogen and oxygen atoms in total. The molecule has 3 N–H and O–H groups in total. The lowest BCUT2D eigenvalue weighted by molar-refractivity contribution is -0.149. The SMILES string of the molecule is CC(C)(C)NC(=O)NC(C(=O)N1C[C@H](OC(=O)N2Cc3ccccc3C2)C[C@H]1C(=O)O)C1CCCCC1. The molecular formula is C27H38N4O6. The van der Waals surface area contributed by atoms with Crippen molar-refractivity contribution in [1.82, 2.24) is 20.4 Å². The number of nitrogens with zero attached hydrogens (tertiary/aromatic N) is 2. The van der Waals surface area contributed by atoms with E-state index in [-0.39, 0.29) is 18.9 Å². The topological polar surface area (TPSA) is 128 Å². The third kappa shape index (κ3) is 6.53. The predicted molar refractivity (Wildman–Crippen MR) is 135 cm³/mol. The van der Waals surface area contributed by atoms with Gasteiger partial charge < -0.3 is 25.4 Å². The molecule has 0 spiro atoms. The highest BCUT2D eigenvalue weighted by Crippen LogP contribution is 2.31. The van der Waals surface area contributed by atoms with Crippen molar-refractivity contribution in [3.05, 3.63) is 35.4 Å². The fourth-order valence-electron chi connectivity index (χ4n) is 5.59. The van der Waals surface area contributed by atoms with Gasteiger partial charge in [-0.15, -0.1) is 0 Å². The van der Waals surface area contributed by atoms with E-state index in [0.717, 1.165) is 43.2 Å². The second kappa shape index (κ2) is 11.0. The fraction of sp³-hybridized carbons (Fsp3) is 0.630. The number of amides is 4. The highest BCUT2D eigenvalue weighted by molar-refractivity contribution is 5.91. The Morgan fingerprint density at radius 3 is 2.22 bits per heavy atom. The third-order valence-corrected chi connectivity index (χ3v) is 7.36. The second-order valence-corrected chi connectivity index (χ2v) is 11.4. The Kier molecular flexibility index (Phi) is 7.94. The Balaban J connectivity index is 1.45. The number of carbonyl (C=O) groups is 4. The first-order valence-corrected chi connectivity index (χ1v) is 13.2. The number of nitrogens with one attached hydrogen (secondary N) is 2. The van der Waals surface area contributed by atoms with Crippen molar-refractivity contribution < 1.29 is 29.0 Å². The Hall–Kier alpha value is -3.30. The van der Waals surface area contributed by atoms with Gasteiger partial charge in [0.15, 0.2) is 0 Å². The number of carboxylic acid groups (broad SMARTS) is 1. The molecule has 3 atom stereocenters. The van der Waals surface area contributed by atoms with Gasteiger partial charge in [0.25, 0.3) is 0 Å². The van der Waals surface area contributed by atoms with Gasteiger partial charge in [0.1, 0.15) is 18.2 Å². The number of hydrogen-bond acceptors (Lipinski definition) is 5. The lowest BCUT2D eigenvalue weighted by Crippen LogP contribution is -2.58. The van der Waals surface area contributed by atoms with Crippen LogP contribution in [0.2, 0.25) is 0 Å². The molecule has 4 rings (SSSR count). The van der Waals surface area contributed by atoms with E-state index in [4.69, 9.17) is 4.74 Å². The molecule has 1 aliphatic carbocycles. The fourth-order valence-corrected chi connectivity index (χ4v) is 5.59. The van der Waals surface area contributed by atoms with Crippen molar-refractivity contribution in [2.45, 2.75) is 96.1 Å². The standard InChI is InChI=1S/C27H38N4O6/c1-27(2,3)29-25(35)28-22(17-9-5-4-6-10-17)23(32)31-16-20(13-21(31)24(33)34)37-26(36)30-14-18-11-7-8-12-19(18)15-30/h7-8,11-12,17,20-22H,4-6,9-10,13-16H2,1-3H3,(H,33,34)(H2,28,29,35)/t20-,21+,22?/m1/s1. The molecule has 0 radical (unpaired) electrons. The molecule has 37 heavy (non-hydrogen) atoms. The molecule has 1 aromatic rings. The van der Waals surface area contributed by atoms with Gasteiger partial charge >= 0.3 is 18.1 Å². The van der Waals surface area contributed by atoms with Crippen molar-refractivity contribution in [3.63, 3.8) is 0 Å². The number of aliphatic carboxylic acids is 1. The molecule has 1 saturated heterocycles. The average molecular weight is 515 g/mol. The summed E-state index contributed by atoms with van der Waals surface area (Å²) in [5.74, 6) is -1.66. The van der Waals surface area contributed by atoms with Crippen LogP contribution in [0.25, 0.3) is 0 Å². The molecule has 2 fully saturated rings. The largest absolute Gasteiger partial charge is 0.480 e. The van der Waals surface area contributed by atoms with Crippen LogP contribution in [0.5, 0.6) is 0 Å². The number of rotatable bonds is 5. The van der Waals surface area contributed by atoms with Crippen molar-refractivity contribution in [2.24, 2.45) is 5.92 Å². The van der Waals surface area contributed by atoms with Gasteiger partial charge in [0.2, 0.25) is 5.91 Å². The molecule has 1 saturated carbocycles. The first-order valence-electron chi connectivity index (χ1n) is 13.2. The van der Waals surface area contributed by atoms with Crippen LogP contribution in [0.15, 0.2) is 24.3 Å². The van der Waals surface area contributed by atoms with Gasteiger partial charge in [-0.2, -0.15) is 0 Å². The van der Waals surface area contributed by atoms with Crippen LogP contribution in [0.1, 0.15) is 70.4 Å². The number of hydrogen-bond donors (Lipinski definition) is 3. The van der Waals surface area contributed by atoms with Crippen molar-refractivity contribution in [1.29, 1.82) is 0 Å². The number of benzene rings is 1. The predicted octanol–water partition coefficient (Wildman–Crippen LogP) is 3.24. The van der Waals surface area contributed by atoms with Crippen LogP contribution in [0.3, 0.4) is 0 Å². The Morgan fingerprint density at radius 2 is 1.65 bits per heavy atom. The zero-order chi connectivity index (χ0) is 26.7. The van der Waals surface area contributed by atoms with Crippen molar-refractivity contribution >= 4 is 24.0 Å². The minimum absolute atomic E-state index is 0.0131. The van der Waals surface area contributed by atoms with E-state index in [1.165, 1.54) is 4.90 Å². The van der Waals surface area contributed by atoms with Crippen LogP contribution in [-0.2, 0) is 27.4 Å². The first kappa shape index (κ1) is 26.8. The maximum Gasteiger partial charge on any atom is 0.410 e. The molecular weight excluding hydrogens is 476 g/mol. The summed E-state index contributed by atoms with van der Waals surface area (Å²) in [6.07, 6.45) is 3.31. The van der Waals surface area contributed by atoms with Crippen LogP contribution in [0.4, 0.5) is 9.59 Å². The quantitative estimate of drug-likeness (QED) is 0.553. The molecule has 10 heteroatoms. The summed E-state index contributed by atoms with van der Waals surface area (Å²) in [5, 5.41) is 15.6. The van der Waals surface area contributed by atoms with Crippen LogP contribution in [-0.4, -0.2) is 69.2 Å². The summed E-state index contributed by atoms with van der Waals surface area (Å²) >= 11 is 0. The van der Waals surface area contributed by atoms with Gasteiger partial charge in [0, 0.05) is 25.0 Å². The minimum atomic E-state index is -1.15. The van der Waals surface area contributed by atoms with Gasteiger partial charge in [-0.05, 0) is 50.7 Å². The first-order chi connectivity index (χ1) is 17.5. The van der Waals surface area contributed by atoms with Crippen molar-refractivity contribution in [3.8, 4) is 0 Å². The molecule has 2 aliphatic heterocycles. The molecule has 0 bridgehead atoms. The summed E-state index contributed by atoms with van der Waals surface area (Å²) in [7, 11) is 0. The number of ether oxygens (including phenoxy) is 1. The maximum atomic E-state index is 13.8. The molecule has 0 aromatic heterocycles. The van der Waals surface area contributed by atoms with Gasteiger partial charge in [-0.1, -0.05) is 43.5 Å². The van der Waals surface area contributed by atoms with Gasteiger partial charge in [-0.25, -0.2) is 14.4 Å². The Morgan fingerprint density at radius 1 is 1.03 bits per heavy atom. The summed E-state index contributed by atoms with van der Waals surface area (Å²) < 4.78 is 5.69. The smallest absolute Gasteiger partial charge is 0.410 e. The number of likely N-dealkylation sites (tertiary alicyclic amines) is 1. The van der Waals surface area contributed by atoms with E-state index in [9.17, 15) is 24.3 Å². The highest BCUT2D eigenvalue weighted by atomic mass is 16.6. The molecule has 4 amide bonds. The van der Waals surface area contributed by atoms with Crippen LogP contribution < -0.4 is 10.6 Å². The summed E-state index contributed by atoms with van der Waals surface area (Å²) in [6.45, 7) is 6.40. The molecule has 3 aliphatic rings. The Bertz CT molecular complexity index is 1010.